The molecule has 0 bridgehead atoms. The lowest BCUT2D eigenvalue weighted by molar-refractivity contribution is 0.0696. The summed E-state index contributed by atoms with van der Waals surface area (Å²) in [5.74, 6) is -1.09. The predicted octanol–water partition coefficient (Wildman–Crippen LogP) is 2.88. The van der Waals surface area contributed by atoms with Crippen molar-refractivity contribution in [3.8, 4) is 0 Å². The van der Waals surface area contributed by atoms with Crippen LogP contribution in [0.2, 0.25) is 5.02 Å². The molecule has 0 radical (unpaired) electrons. The van der Waals surface area contributed by atoms with Gasteiger partial charge >= 0.3 is 5.97 Å². The summed E-state index contributed by atoms with van der Waals surface area (Å²) in [6.07, 6.45) is 2.88. The van der Waals surface area contributed by atoms with E-state index in [4.69, 9.17) is 21.1 Å². The molecule has 88 valence electrons. The first-order valence-corrected chi connectivity index (χ1v) is 5.75. The molecule has 2 rings (SSSR count). The Balaban J connectivity index is 2.33. The highest BCUT2D eigenvalue weighted by molar-refractivity contribution is 7.99. The Labute approximate surface area is 106 Å². The molecule has 2 aromatic rings. The summed E-state index contributed by atoms with van der Waals surface area (Å²) in [5.41, 5.74) is 0.741. The highest BCUT2D eigenvalue weighted by Gasteiger charge is 2.15. The summed E-state index contributed by atoms with van der Waals surface area (Å²) < 4.78 is 5.13. The molecular weight excluding hydrogens is 264 g/mol. The van der Waals surface area contributed by atoms with Gasteiger partial charge in [-0.2, -0.15) is 0 Å². The van der Waals surface area contributed by atoms with Gasteiger partial charge in [0.2, 0.25) is 0 Å². The van der Waals surface area contributed by atoms with E-state index in [1.165, 1.54) is 18.5 Å². The molecule has 2 aromatic heterocycles. The van der Waals surface area contributed by atoms with Crippen molar-refractivity contribution in [2.45, 2.75) is 17.2 Å². The number of carboxylic acids is 1. The summed E-state index contributed by atoms with van der Waals surface area (Å²) >= 11 is 7.01. The van der Waals surface area contributed by atoms with Gasteiger partial charge in [-0.25, -0.2) is 14.8 Å². The molecule has 0 fully saturated rings. The third-order valence-electron chi connectivity index (χ3n) is 1.87. The topological polar surface area (TPSA) is 76.2 Å². The van der Waals surface area contributed by atoms with Gasteiger partial charge in [0.15, 0.2) is 0 Å². The van der Waals surface area contributed by atoms with Crippen molar-refractivity contribution in [2.75, 3.05) is 0 Å². The summed E-state index contributed by atoms with van der Waals surface area (Å²) in [4.78, 5) is 18.9. The van der Waals surface area contributed by atoms with Crippen LogP contribution in [0.4, 0.5) is 0 Å². The Hall–Kier alpha value is -1.53. The van der Waals surface area contributed by atoms with E-state index in [1.54, 1.807) is 6.92 Å². The molecule has 0 unspecified atom stereocenters. The zero-order chi connectivity index (χ0) is 12.4. The zero-order valence-corrected chi connectivity index (χ0v) is 10.2. The van der Waals surface area contributed by atoms with Gasteiger partial charge < -0.3 is 9.52 Å². The van der Waals surface area contributed by atoms with Crippen molar-refractivity contribution in [1.82, 2.24) is 9.97 Å². The van der Waals surface area contributed by atoms with Crippen LogP contribution in [0.15, 0.2) is 33.2 Å². The minimum Gasteiger partial charge on any atom is -0.478 e. The maximum absolute atomic E-state index is 10.9. The van der Waals surface area contributed by atoms with Crippen molar-refractivity contribution >= 4 is 29.3 Å². The second-order valence-corrected chi connectivity index (χ2v) is 4.46. The van der Waals surface area contributed by atoms with Crippen molar-refractivity contribution < 1.29 is 14.3 Å². The minimum atomic E-state index is -1.09. The van der Waals surface area contributed by atoms with Crippen LogP contribution in [0.1, 0.15) is 16.1 Å². The number of oxazole rings is 1. The van der Waals surface area contributed by atoms with E-state index in [-0.39, 0.29) is 10.6 Å². The average Bonchev–Trinajstić information content (AvgIpc) is 2.67. The molecule has 1 N–H and O–H groups in total. The van der Waals surface area contributed by atoms with Crippen molar-refractivity contribution in [3.63, 3.8) is 0 Å². The number of aromatic nitrogens is 2. The van der Waals surface area contributed by atoms with Gasteiger partial charge in [0.1, 0.15) is 11.3 Å². The maximum Gasteiger partial charge on any atom is 0.337 e. The molecule has 0 aliphatic rings. The predicted molar refractivity (Wildman–Crippen MR) is 61.6 cm³/mol. The van der Waals surface area contributed by atoms with Gasteiger partial charge in [-0.3, -0.25) is 0 Å². The first-order valence-electron chi connectivity index (χ1n) is 4.55. The summed E-state index contributed by atoms with van der Waals surface area (Å²) in [6, 6.07) is 1.34. The van der Waals surface area contributed by atoms with Gasteiger partial charge in [-0.15, -0.1) is 0 Å². The standard InChI is InChI=1S/C10H7ClN2O3S/c1-5-4-16-10(13-5)17-8-7(11)6(9(14)15)2-3-12-8/h2-4H,1H3,(H,14,15). The Morgan fingerprint density at radius 1 is 1.59 bits per heavy atom. The van der Waals surface area contributed by atoms with Gasteiger partial charge in [-0.1, -0.05) is 11.6 Å². The SMILES string of the molecule is Cc1coc(Sc2nccc(C(=O)O)c2Cl)n1. The fourth-order valence-electron chi connectivity index (χ4n) is 1.12. The Morgan fingerprint density at radius 2 is 2.35 bits per heavy atom. The summed E-state index contributed by atoms with van der Waals surface area (Å²) in [6.45, 7) is 1.79. The second-order valence-electron chi connectivity index (χ2n) is 3.14. The molecule has 0 atom stereocenters. The minimum absolute atomic E-state index is 0.00689. The van der Waals surface area contributed by atoms with Crippen LogP contribution in [-0.4, -0.2) is 21.0 Å². The average molecular weight is 271 g/mol. The Morgan fingerprint density at radius 3 is 2.94 bits per heavy atom. The quantitative estimate of drug-likeness (QED) is 0.924. The number of pyridine rings is 1. The first kappa shape index (κ1) is 11.9. The van der Waals surface area contributed by atoms with Crippen LogP contribution in [-0.2, 0) is 0 Å². The van der Waals surface area contributed by atoms with E-state index >= 15 is 0 Å². The van der Waals surface area contributed by atoms with Crippen molar-refractivity contribution in [1.29, 1.82) is 0 Å². The van der Waals surface area contributed by atoms with E-state index in [1.807, 2.05) is 0 Å². The molecule has 0 saturated carbocycles. The second kappa shape index (κ2) is 4.77. The number of carboxylic acid groups (broad SMARTS) is 1. The van der Waals surface area contributed by atoms with Gasteiger partial charge in [0.05, 0.1) is 16.3 Å². The largest absolute Gasteiger partial charge is 0.478 e. The van der Waals surface area contributed by atoms with Crippen LogP contribution < -0.4 is 0 Å². The number of aromatic carboxylic acids is 1. The third-order valence-corrected chi connectivity index (χ3v) is 3.23. The number of nitrogens with zero attached hydrogens (tertiary/aromatic N) is 2. The van der Waals surface area contributed by atoms with Crippen LogP contribution in [0.25, 0.3) is 0 Å². The number of hydrogen-bond donors (Lipinski definition) is 1. The lowest BCUT2D eigenvalue weighted by Crippen LogP contribution is -1.99. The fraction of sp³-hybridized carbons (Fsp3) is 0.100. The van der Waals surface area contributed by atoms with Gasteiger partial charge in [-0.05, 0) is 24.8 Å². The Kier molecular flexibility index (Phi) is 3.35. The van der Waals surface area contributed by atoms with Crippen LogP contribution >= 0.6 is 23.4 Å². The van der Waals surface area contributed by atoms with Crippen LogP contribution in [0.5, 0.6) is 0 Å². The lowest BCUT2D eigenvalue weighted by Gasteiger charge is -2.02. The number of aryl methyl sites for hydroxylation is 1. The number of hydrogen-bond acceptors (Lipinski definition) is 5. The molecule has 5 nitrogen and oxygen atoms in total. The molecule has 0 aromatic carbocycles. The molecule has 2 heterocycles. The number of carbonyl (C=O) groups is 1. The molecule has 17 heavy (non-hydrogen) atoms. The third kappa shape index (κ3) is 2.59. The fourth-order valence-corrected chi connectivity index (χ4v) is 2.20. The smallest absolute Gasteiger partial charge is 0.337 e. The highest BCUT2D eigenvalue weighted by atomic mass is 35.5. The van der Waals surface area contributed by atoms with Crippen molar-refractivity contribution in [2.24, 2.45) is 0 Å². The number of rotatable bonds is 3. The lowest BCUT2D eigenvalue weighted by atomic mass is 10.3. The molecule has 0 spiro atoms. The maximum atomic E-state index is 10.9. The van der Waals surface area contributed by atoms with Crippen molar-refractivity contribution in [3.05, 3.63) is 34.8 Å². The molecule has 0 amide bonds. The van der Waals surface area contributed by atoms with E-state index in [0.29, 0.717) is 10.2 Å². The first-order chi connectivity index (χ1) is 8.08. The summed E-state index contributed by atoms with van der Waals surface area (Å²) in [7, 11) is 0. The van der Waals surface area contributed by atoms with E-state index in [0.717, 1.165) is 17.5 Å². The van der Waals surface area contributed by atoms with Crippen LogP contribution in [0.3, 0.4) is 0 Å². The molecule has 0 saturated heterocycles. The van der Waals surface area contributed by atoms with E-state index < -0.39 is 5.97 Å². The van der Waals surface area contributed by atoms with E-state index in [9.17, 15) is 4.79 Å². The molecule has 7 heteroatoms. The molecule has 0 aliphatic heterocycles. The summed E-state index contributed by atoms with van der Waals surface area (Å²) in [5, 5.41) is 9.71. The normalized spacial score (nSPS) is 10.5. The zero-order valence-electron chi connectivity index (χ0n) is 8.68. The Bertz CT molecular complexity index is 570. The van der Waals surface area contributed by atoms with Crippen LogP contribution in [0, 0.1) is 6.92 Å². The molecule has 0 aliphatic carbocycles. The number of halogens is 1. The monoisotopic (exact) mass is 270 g/mol. The van der Waals surface area contributed by atoms with E-state index in [2.05, 4.69) is 9.97 Å². The van der Waals surface area contributed by atoms with Gasteiger partial charge in [0, 0.05) is 6.20 Å². The highest BCUT2D eigenvalue weighted by Crippen LogP contribution is 2.32. The van der Waals surface area contributed by atoms with Gasteiger partial charge in [0.25, 0.3) is 5.22 Å². The molecular formula is C10H7ClN2O3S.